The van der Waals surface area contributed by atoms with Gasteiger partial charge in [0.2, 0.25) is 0 Å². The zero-order valence-corrected chi connectivity index (χ0v) is 15.8. The van der Waals surface area contributed by atoms with Gasteiger partial charge in [0.25, 0.3) is 0 Å². The molecule has 2 aromatic carbocycles. The summed E-state index contributed by atoms with van der Waals surface area (Å²) in [7, 11) is 0. The Morgan fingerprint density at radius 3 is 2.31 bits per heavy atom. The van der Waals surface area contributed by atoms with Gasteiger partial charge in [-0.15, -0.1) is 0 Å². The van der Waals surface area contributed by atoms with Crippen molar-refractivity contribution in [1.82, 2.24) is 15.3 Å². The summed E-state index contributed by atoms with van der Waals surface area (Å²) in [4.78, 5) is 20.0. The number of ether oxygens (including phenoxy) is 1. The summed E-state index contributed by atoms with van der Waals surface area (Å²) in [6, 6.07) is 16.5. The van der Waals surface area contributed by atoms with E-state index in [4.69, 9.17) is 9.84 Å². The molecule has 1 amide bonds. The molecule has 0 spiro atoms. The summed E-state index contributed by atoms with van der Waals surface area (Å²) in [5.74, 6) is 0.586. The summed E-state index contributed by atoms with van der Waals surface area (Å²) in [6.45, 7) is 0.752. The molecule has 4 rings (SSSR count). The molecule has 0 radical (unpaired) electrons. The second-order valence-electron chi connectivity index (χ2n) is 6.74. The van der Waals surface area contributed by atoms with Crippen LogP contribution in [-0.4, -0.2) is 34.3 Å². The van der Waals surface area contributed by atoms with Gasteiger partial charge < -0.3 is 15.2 Å². The van der Waals surface area contributed by atoms with Gasteiger partial charge in [-0.2, -0.15) is 0 Å². The maximum absolute atomic E-state index is 12.1. The normalized spacial score (nSPS) is 12.6. The topological polar surface area (TPSA) is 84.3 Å². The summed E-state index contributed by atoms with van der Waals surface area (Å²) in [5.41, 5.74) is 4.80. The van der Waals surface area contributed by atoms with Crippen molar-refractivity contribution in [3.8, 4) is 16.9 Å². The van der Waals surface area contributed by atoms with Crippen LogP contribution in [0.4, 0.5) is 4.79 Å². The van der Waals surface area contributed by atoms with E-state index in [0.29, 0.717) is 25.4 Å². The Labute approximate surface area is 168 Å². The van der Waals surface area contributed by atoms with Crippen LogP contribution in [0.15, 0.2) is 67.0 Å². The van der Waals surface area contributed by atoms with E-state index in [2.05, 4.69) is 39.6 Å². The van der Waals surface area contributed by atoms with E-state index in [1.54, 1.807) is 6.08 Å². The minimum Gasteiger partial charge on any atom is -0.505 e. The van der Waals surface area contributed by atoms with E-state index >= 15 is 0 Å². The third-order valence-electron chi connectivity index (χ3n) is 4.85. The van der Waals surface area contributed by atoms with Crippen molar-refractivity contribution in [2.45, 2.75) is 12.3 Å². The van der Waals surface area contributed by atoms with E-state index in [1.165, 1.54) is 34.6 Å². The Hall–Kier alpha value is -3.67. The monoisotopic (exact) mass is 387 g/mol. The third-order valence-corrected chi connectivity index (χ3v) is 4.85. The third kappa shape index (κ3) is 4.27. The number of benzene rings is 2. The molecule has 0 unspecified atom stereocenters. The zero-order valence-electron chi connectivity index (χ0n) is 15.8. The molecule has 1 aliphatic rings. The molecule has 3 aromatic rings. The lowest BCUT2D eigenvalue weighted by Crippen LogP contribution is -2.26. The predicted molar refractivity (Wildman–Crippen MR) is 110 cm³/mol. The van der Waals surface area contributed by atoms with Gasteiger partial charge in [-0.05, 0) is 34.8 Å². The molecule has 29 heavy (non-hydrogen) atoms. The summed E-state index contributed by atoms with van der Waals surface area (Å²) in [5, 5.41) is 11.9. The van der Waals surface area contributed by atoms with Gasteiger partial charge in [-0.3, -0.25) is 0 Å². The molecule has 1 aliphatic carbocycles. The van der Waals surface area contributed by atoms with Crippen molar-refractivity contribution < 1.29 is 14.6 Å². The average molecular weight is 387 g/mol. The molecule has 0 bridgehead atoms. The first-order chi connectivity index (χ1) is 14.2. The van der Waals surface area contributed by atoms with Gasteiger partial charge in [0.05, 0.1) is 12.4 Å². The van der Waals surface area contributed by atoms with Crippen LogP contribution in [0.3, 0.4) is 0 Å². The number of rotatable bonds is 6. The number of carbonyl (C=O) groups is 1. The number of hydrogen-bond acceptors (Lipinski definition) is 5. The molecule has 0 atom stereocenters. The Balaban J connectivity index is 1.27. The Morgan fingerprint density at radius 2 is 1.66 bits per heavy atom. The molecular weight excluding hydrogens is 366 g/mol. The van der Waals surface area contributed by atoms with Gasteiger partial charge >= 0.3 is 6.09 Å². The highest BCUT2D eigenvalue weighted by Crippen LogP contribution is 2.44. The zero-order chi connectivity index (χ0) is 20.1. The minimum absolute atomic E-state index is 0.0269. The highest BCUT2D eigenvalue weighted by Gasteiger charge is 2.28. The smallest absolute Gasteiger partial charge is 0.407 e. The van der Waals surface area contributed by atoms with Crippen LogP contribution in [-0.2, 0) is 4.74 Å². The van der Waals surface area contributed by atoms with Crippen LogP contribution in [0.25, 0.3) is 17.2 Å². The number of aromatic nitrogens is 2. The van der Waals surface area contributed by atoms with Gasteiger partial charge in [-0.25, -0.2) is 14.8 Å². The van der Waals surface area contributed by atoms with Crippen molar-refractivity contribution in [2.24, 2.45) is 0 Å². The van der Waals surface area contributed by atoms with Crippen molar-refractivity contribution in [3.63, 3.8) is 0 Å². The quantitative estimate of drug-likeness (QED) is 0.622. The molecule has 6 heteroatoms. The lowest BCUT2D eigenvalue weighted by molar-refractivity contribution is 0.143. The molecule has 0 saturated heterocycles. The first kappa shape index (κ1) is 18.7. The fourth-order valence-electron chi connectivity index (χ4n) is 3.51. The van der Waals surface area contributed by atoms with Crippen LogP contribution < -0.4 is 5.32 Å². The fourth-order valence-corrected chi connectivity index (χ4v) is 3.51. The first-order valence-corrected chi connectivity index (χ1v) is 9.49. The van der Waals surface area contributed by atoms with Crippen LogP contribution in [0.1, 0.15) is 29.3 Å². The van der Waals surface area contributed by atoms with Gasteiger partial charge in [-0.1, -0.05) is 54.6 Å². The largest absolute Gasteiger partial charge is 0.505 e. The highest BCUT2D eigenvalue weighted by atomic mass is 16.5. The van der Waals surface area contributed by atoms with Gasteiger partial charge in [0, 0.05) is 12.5 Å². The molecule has 6 nitrogen and oxygen atoms in total. The average Bonchev–Trinajstić information content (AvgIpc) is 3.07. The SMILES string of the molecule is O=C(NCCC=Cc1ncc(O)cn1)OCC1c2ccccc2-c2ccccc21. The molecule has 0 aliphatic heterocycles. The number of carbonyl (C=O) groups excluding carboxylic acids is 1. The van der Waals surface area contributed by atoms with Crippen LogP contribution in [0.2, 0.25) is 0 Å². The van der Waals surface area contributed by atoms with Crippen molar-refractivity contribution in [1.29, 1.82) is 0 Å². The summed E-state index contributed by atoms with van der Waals surface area (Å²) in [6.07, 6.45) is 6.45. The predicted octanol–water partition coefficient (Wildman–Crippen LogP) is 4.12. The maximum atomic E-state index is 12.1. The fraction of sp³-hybridized carbons (Fsp3) is 0.174. The van der Waals surface area contributed by atoms with Gasteiger partial charge in [0.15, 0.2) is 11.6 Å². The number of aromatic hydroxyl groups is 1. The van der Waals surface area contributed by atoms with Crippen LogP contribution in [0, 0.1) is 0 Å². The second-order valence-corrected chi connectivity index (χ2v) is 6.74. The number of alkyl carbamates (subject to hydrolysis) is 1. The molecule has 0 saturated carbocycles. The maximum Gasteiger partial charge on any atom is 0.407 e. The molecule has 1 heterocycles. The standard InChI is InChI=1S/C23H21N3O3/c27-16-13-25-22(26-14-16)11-5-6-12-24-23(28)29-15-21-19-9-3-1-7-17(19)18-8-2-4-10-20(18)21/h1-5,7-11,13-14,21,27H,6,12,15H2,(H,24,28). The lowest BCUT2D eigenvalue weighted by atomic mass is 9.98. The lowest BCUT2D eigenvalue weighted by Gasteiger charge is -2.14. The van der Waals surface area contributed by atoms with E-state index in [1.807, 2.05) is 30.3 Å². The van der Waals surface area contributed by atoms with Crippen molar-refractivity contribution >= 4 is 12.2 Å². The Morgan fingerprint density at radius 1 is 1.03 bits per heavy atom. The van der Waals surface area contributed by atoms with Crippen molar-refractivity contribution in [3.05, 3.63) is 84.0 Å². The number of nitrogens with zero attached hydrogens (tertiary/aromatic N) is 2. The van der Waals surface area contributed by atoms with Crippen LogP contribution in [0.5, 0.6) is 5.75 Å². The van der Waals surface area contributed by atoms with E-state index in [9.17, 15) is 4.79 Å². The summed E-state index contributed by atoms with van der Waals surface area (Å²) >= 11 is 0. The van der Waals surface area contributed by atoms with E-state index in [-0.39, 0.29) is 11.7 Å². The number of fused-ring (bicyclic) bond motifs is 3. The van der Waals surface area contributed by atoms with E-state index < -0.39 is 6.09 Å². The van der Waals surface area contributed by atoms with E-state index in [0.717, 1.165) is 0 Å². The van der Waals surface area contributed by atoms with Crippen LogP contribution >= 0.6 is 0 Å². The first-order valence-electron chi connectivity index (χ1n) is 9.49. The van der Waals surface area contributed by atoms with Crippen molar-refractivity contribution in [2.75, 3.05) is 13.2 Å². The molecule has 1 aromatic heterocycles. The highest BCUT2D eigenvalue weighted by molar-refractivity contribution is 5.79. The molecular formula is C23H21N3O3. The Kier molecular flexibility index (Phi) is 5.52. The number of hydrogen-bond donors (Lipinski definition) is 2. The molecule has 146 valence electrons. The molecule has 0 fully saturated rings. The number of amides is 1. The second kappa shape index (κ2) is 8.56. The summed E-state index contributed by atoms with van der Waals surface area (Å²) < 4.78 is 5.49. The number of nitrogens with one attached hydrogen (secondary N) is 1. The molecule has 2 N–H and O–H groups in total. The Bertz CT molecular complexity index is 986. The minimum atomic E-state index is -0.429. The van der Waals surface area contributed by atoms with Gasteiger partial charge in [0.1, 0.15) is 6.61 Å².